The van der Waals surface area contributed by atoms with Crippen molar-refractivity contribution in [1.29, 1.82) is 0 Å². The van der Waals surface area contributed by atoms with E-state index < -0.39 is 17.7 Å². The normalized spacial score (nSPS) is 20.4. The average Bonchev–Trinajstić information content (AvgIpc) is 3.08. The Hall–Kier alpha value is -2.48. The maximum atomic E-state index is 13.7. The fourth-order valence-corrected chi connectivity index (χ4v) is 3.20. The van der Waals surface area contributed by atoms with Gasteiger partial charge in [-0.05, 0) is 42.8 Å². The number of amides is 2. The number of hydrazone groups is 1. The van der Waals surface area contributed by atoms with Crippen molar-refractivity contribution in [3.8, 4) is 5.75 Å². The van der Waals surface area contributed by atoms with Crippen molar-refractivity contribution in [2.45, 2.75) is 25.5 Å². The molecule has 2 amide bonds. The Balaban J connectivity index is 1.55. The highest BCUT2D eigenvalue weighted by Gasteiger charge is 2.38. The summed E-state index contributed by atoms with van der Waals surface area (Å²) in [5.74, 6) is -0.659. The number of benzene rings is 1. The summed E-state index contributed by atoms with van der Waals surface area (Å²) in [6.45, 7) is 5.84. The summed E-state index contributed by atoms with van der Waals surface area (Å²) in [7, 11) is 0. The van der Waals surface area contributed by atoms with E-state index in [0.717, 1.165) is 29.3 Å². The van der Waals surface area contributed by atoms with E-state index in [4.69, 9.17) is 4.74 Å². The molecular formula is C20H20BrF2N3O2. The predicted octanol–water partition coefficient (Wildman–Crippen LogP) is 4.98. The Morgan fingerprint density at radius 2 is 1.96 bits per heavy atom. The number of rotatable bonds is 5. The molecule has 1 saturated heterocycles. The number of carbonyl (C=O) groups is 1. The van der Waals surface area contributed by atoms with Crippen LogP contribution in [0.3, 0.4) is 0 Å². The van der Waals surface area contributed by atoms with Gasteiger partial charge in [-0.15, -0.1) is 0 Å². The molecule has 2 aliphatic rings. The fraction of sp³-hybridized carbons (Fsp3) is 0.300. The summed E-state index contributed by atoms with van der Waals surface area (Å²) in [5, 5.41) is 5.38. The van der Waals surface area contributed by atoms with Gasteiger partial charge in [-0.1, -0.05) is 22.5 Å². The van der Waals surface area contributed by atoms with Gasteiger partial charge in [0.1, 0.15) is 17.7 Å². The molecule has 2 aliphatic heterocycles. The van der Waals surface area contributed by atoms with E-state index in [9.17, 15) is 13.6 Å². The maximum Gasteiger partial charge on any atom is 0.341 e. The standard InChI is InChI=1S/C20H20BrF2N3O2/c1-13(9-16(23)10-14(2)22)19-7-8-24-26(19)20(27)25-11-18(12-25)28-17-5-3-15(21)4-6-17/h3-6,8-10,18-19H,1,7,11-12H2,2H3/b14-10+,16-9+/t19-/m0/s1. The third kappa shape index (κ3) is 4.86. The highest BCUT2D eigenvalue weighted by molar-refractivity contribution is 9.10. The second-order valence-electron chi connectivity index (χ2n) is 6.61. The first kappa shape index (κ1) is 20.3. The molecule has 0 bridgehead atoms. The van der Waals surface area contributed by atoms with Gasteiger partial charge < -0.3 is 9.64 Å². The van der Waals surface area contributed by atoms with Crippen molar-refractivity contribution in [2.75, 3.05) is 13.1 Å². The van der Waals surface area contributed by atoms with Crippen molar-refractivity contribution in [2.24, 2.45) is 5.10 Å². The molecule has 0 saturated carbocycles. The van der Waals surface area contributed by atoms with E-state index in [2.05, 4.69) is 27.6 Å². The van der Waals surface area contributed by atoms with Crippen LogP contribution in [-0.2, 0) is 0 Å². The van der Waals surface area contributed by atoms with Gasteiger partial charge in [0, 0.05) is 23.2 Å². The lowest BCUT2D eigenvalue weighted by Gasteiger charge is -2.41. The third-order valence-electron chi connectivity index (χ3n) is 4.35. The summed E-state index contributed by atoms with van der Waals surface area (Å²) in [4.78, 5) is 14.3. The van der Waals surface area contributed by atoms with Gasteiger partial charge in [0.05, 0.1) is 25.0 Å². The smallest absolute Gasteiger partial charge is 0.341 e. The summed E-state index contributed by atoms with van der Waals surface area (Å²) in [5.41, 5.74) is 0.351. The molecule has 0 aromatic heterocycles. The van der Waals surface area contributed by atoms with E-state index in [1.165, 1.54) is 5.01 Å². The molecule has 0 unspecified atom stereocenters. The first-order chi connectivity index (χ1) is 13.3. The van der Waals surface area contributed by atoms with Gasteiger partial charge in [0.25, 0.3) is 0 Å². The number of halogens is 3. The van der Waals surface area contributed by atoms with Crippen LogP contribution in [0.5, 0.6) is 5.75 Å². The molecule has 0 spiro atoms. The molecule has 28 heavy (non-hydrogen) atoms. The Kier molecular flexibility index (Phi) is 6.28. The second-order valence-corrected chi connectivity index (χ2v) is 7.53. The highest BCUT2D eigenvalue weighted by atomic mass is 79.9. The van der Waals surface area contributed by atoms with Crippen molar-refractivity contribution in [1.82, 2.24) is 9.91 Å². The van der Waals surface area contributed by atoms with Gasteiger partial charge in [-0.2, -0.15) is 5.10 Å². The molecule has 1 atom stereocenters. The number of carbonyl (C=O) groups excluding carboxylic acids is 1. The number of likely N-dealkylation sites (tertiary alicyclic amines) is 1. The van der Waals surface area contributed by atoms with Gasteiger partial charge in [0.15, 0.2) is 0 Å². The predicted molar refractivity (Wildman–Crippen MR) is 107 cm³/mol. The molecule has 1 fully saturated rings. The van der Waals surface area contributed by atoms with Crippen LogP contribution in [0.1, 0.15) is 13.3 Å². The summed E-state index contributed by atoms with van der Waals surface area (Å²) >= 11 is 3.37. The van der Waals surface area contributed by atoms with Crippen LogP contribution in [0, 0.1) is 0 Å². The quantitative estimate of drug-likeness (QED) is 0.592. The lowest BCUT2D eigenvalue weighted by atomic mass is 10.1. The third-order valence-corrected chi connectivity index (χ3v) is 4.88. The zero-order chi connectivity index (χ0) is 20.3. The van der Waals surface area contributed by atoms with E-state index >= 15 is 0 Å². The van der Waals surface area contributed by atoms with E-state index in [0.29, 0.717) is 25.1 Å². The van der Waals surface area contributed by atoms with E-state index in [-0.39, 0.29) is 12.1 Å². The van der Waals surface area contributed by atoms with Crippen LogP contribution in [0.15, 0.2) is 69.8 Å². The Labute approximate surface area is 170 Å². The first-order valence-electron chi connectivity index (χ1n) is 8.76. The highest BCUT2D eigenvalue weighted by Crippen LogP contribution is 2.26. The van der Waals surface area contributed by atoms with Gasteiger partial charge >= 0.3 is 6.03 Å². The van der Waals surface area contributed by atoms with E-state index in [1.807, 2.05) is 24.3 Å². The van der Waals surface area contributed by atoms with Crippen LogP contribution in [0.2, 0.25) is 0 Å². The number of allylic oxidation sites excluding steroid dienone is 3. The van der Waals surface area contributed by atoms with Crippen LogP contribution in [0.4, 0.5) is 13.6 Å². The minimum absolute atomic E-state index is 0.0895. The number of hydrogen-bond acceptors (Lipinski definition) is 3. The van der Waals surface area contributed by atoms with Gasteiger partial charge in [0.2, 0.25) is 0 Å². The van der Waals surface area contributed by atoms with Crippen LogP contribution >= 0.6 is 15.9 Å². The van der Waals surface area contributed by atoms with Gasteiger partial charge in [-0.25, -0.2) is 18.6 Å². The molecule has 8 heteroatoms. The summed E-state index contributed by atoms with van der Waals surface area (Å²) in [6.07, 6.45) is 3.82. The van der Waals surface area contributed by atoms with Crippen molar-refractivity contribution in [3.05, 3.63) is 64.7 Å². The first-order valence-corrected chi connectivity index (χ1v) is 9.55. The van der Waals surface area contributed by atoms with Crippen molar-refractivity contribution < 1.29 is 18.3 Å². The molecule has 5 nitrogen and oxygen atoms in total. The monoisotopic (exact) mass is 451 g/mol. The van der Waals surface area contributed by atoms with Crippen LogP contribution in [-0.4, -0.2) is 47.4 Å². The van der Waals surface area contributed by atoms with Crippen molar-refractivity contribution in [3.63, 3.8) is 0 Å². The van der Waals surface area contributed by atoms with Gasteiger partial charge in [-0.3, -0.25) is 0 Å². The van der Waals surface area contributed by atoms with Crippen LogP contribution in [0.25, 0.3) is 0 Å². The minimum Gasteiger partial charge on any atom is -0.487 e. The number of urea groups is 1. The molecular weight excluding hydrogens is 432 g/mol. The second kappa shape index (κ2) is 8.68. The minimum atomic E-state index is -0.754. The molecule has 0 aliphatic carbocycles. The molecule has 1 aromatic carbocycles. The average molecular weight is 452 g/mol. The Bertz CT molecular complexity index is 842. The summed E-state index contributed by atoms with van der Waals surface area (Å²) in [6, 6.07) is 6.71. The van der Waals surface area contributed by atoms with E-state index in [1.54, 1.807) is 11.1 Å². The lowest BCUT2D eigenvalue weighted by molar-refractivity contribution is 0.0295. The molecule has 0 N–H and O–H groups in total. The molecule has 148 valence electrons. The topological polar surface area (TPSA) is 45.1 Å². The molecule has 2 heterocycles. The van der Waals surface area contributed by atoms with Crippen molar-refractivity contribution >= 4 is 28.2 Å². The number of nitrogens with zero attached hydrogens (tertiary/aromatic N) is 3. The van der Waals surface area contributed by atoms with Crippen LogP contribution < -0.4 is 4.74 Å². The molecule has 0 radical (unpaired) electrons. The number of hydrogen-bond donors (Lipinski definition) is 0. The Morgan fingerprint density at radius 3 is 2.61 bits per heavy atom. The fourth-order valence-electron chi connectivity index (χ4n) is 2.93. The summed E-state index contributed by atoms with van der Waals surface area (Å²) < 4.78 is 33.3. The number of ether oxygens (including phenoxy) is 1. The zero-order valence-electron chi connectivity index (χ0n) is 15.3. The zero-order valence-corrected chi connectivity index (χ0v) is 16.9. The molecule has 1 aromatic rings. The molecule has 3 rings (SSSR count). The maximum absolute atomic E-state index is 13.7. The largest absolute Gasteiger partial charge is 0.487 e. The lowest BCUT2D eigenvalue weighted by Crippen LogP contribution is -2.59. The Morgan fingerprint density at radius 1 is 1.29 bits per heavy atom. The SMILES string of the molecule is C=C(/C=C(F)\C=C(/C)F)[C@@H]1CC=NN1C(=O)N1CC(Oc2ccc(Br)cc2)C1.